The number of nitrogens with zero attached hydrogens (tertiary/aromatic N) is 3. The maximum Gasteiger partial charge on any atom is 0.255 e. The lowest BCUT2D eigenvalue weighted by molar-refractivity contribution is 0.0963. The molecular weight excluding hydrogens is 244 g/mol. The molecule has 0 fully saturated rings. The minimum atomic E-state index is -0.337. The minimum absolute atomic E-state index is 0.199. The van der Waals surface area contributed by atoms with Crippen molar-refractivity contribution in [3.63, 3.8) is 0 Å². The van der Waals surface area contributed by atoms with Gasteiger partial charge in [0.15, 0.2) is 5.69 Å². The van der Waals surface area contributed by atoms with Crippen molar-refractivity contribution >= 4 is 5.91 Å². The number of aromatic nitrogens is 2. The van der Waals surface area contributed by atoms with E-state index in [1.807, 2.05) is 6.07 Å². The van der Waals surface area contributed by atoms with Crippen molar-refractivity contribution in [3.05, 3.63) is 41.7 Å². The van der Waals surface area contributed by atoms with Gasteiger partial charge in [-0.15, -0.1) is 0 Å². The molecule has 0 aliphatic carbocycles. The third kappa shape index (κ3) is 2.26. The summed E-state index contributed by atoms with van der Waals surface area (Å²) in [6, 6.07) is 9.05. The number of rotatable bonds is 3. The van der Waals surface area contributed by atoms with E-state index < -0.39 is 0 Å². The molecule has 96 valence electrons. The Hall–Kier alpha value is -2.81. The highest BCUT2D eigenvalue weighted by atomic mass is 16.5. The smallest absolute Gasteiger partial charge is 0.255 e. The van der Waals surface area contributed by atoms with Gasteiger partial charge in [0.25, 0.3) is 5.91 Å². The summed E-state index contributed by atoms with van der Waals surface area (Å²) in [4.78, 5) is 11.6. The van der Waals surface area contributed by atoms with Crippen molar-refractivity contribution in [2.45, 2.75) is 0 Å². The summed E-state index contributed by atoms with van der Waals surface area (Å²) in [6.45, 7) is 0. The summed E-state index contributed by atoms with van der Waals surface area (Å²) in [5.41, 5.74) is 1.14. The van der Waals surface area contributed by atoms with E-state index >= 15 is 0 Å². The SMILES string of the molecule is CNC(=O)c1cnn(-c2ccc(OC)cc2)c1C#N. The van der Waals surface area contributed by atoms with E-state index in [9.17, 15) is 10.1 Å². The Morgan fingerprint density at radius 3 is 2.63 bits per heavy atom. The monoisotopic (exact) mass is 256 g/mol. The highest BCUT2D eigenvalue weighted by molar-refractivity contribution is 5.95. The molecule has 0 unspecified atom stereocenters. The van der Waals surface area contributed by atoms with Crippen LogP contribution in [0.15, 0.2) is 30.5 Å². The molecule has 0 aliphatic heterocycles. The van der Waals surface area contributed by atoms with Crippen LogP contribution in [0.5, 0.6) is 5.75 Å². The lowest BCUT2D eigenvalue weighted by Gasteiger charge is -2.05. The summed E-state index contributed by atoms with van der Waals surface area (Å²) < 4.78 is 6.48. The van der Waals surface area contributed by atoms with Gasteiger partial charge in [0.1, 0.15) is 11.8 Å². The highest BCUT2D eigenvalue weighted by Crippen LogP contribution is 2.17. The van der Waals surface area contributed by atoms with E-state index in [-0.39, 0.29) is 17.2 Å². The van der Waals surface area contributed by atoms with E-state index in [1.54, 1.807) is 31.4 Å². The van der Waals surface area contributed by atoms with Gasteiger partial charge in [-0.1, -0.05) is 0 Å². The first kappa shape index (κ1) is 12.6. The van der Waals surface area contributed by atoms with Gasteiger partial charge in [0.2, 0.25) is 0 Å². The molecule has 1 N–H and O–H groups in total. The Morgan fingerprint density at radius 2 is 2.11 bits per heavy atom. The number of nitrogens with one attached hydrogen (secondary N) is 1. The van der Waals surface area contributed by atoms with E-state index in [4.69, 9.17) is 4.74 Å². The molecule has 0 aliphatic rings. The van der Waals surface area contributed by atoms with Crippen LogP contribution < -0.4 is 10.1 Å². The van der Waals surface area contributed by atoms with Crippen LogP contribution in [0.25, 0.3) is 5.69 Å². The van der Waals surface area contributed by atoms with Gasteiger partial charge in [0, 0.05) is 7.05 Å². The van der Waals surface area contributed by atoms with Crippen LogP contribution in [-0.2, 0) is 0 Å². The van der Waals surface area contributed by atoms with E-state index in [2.05, 4.69) is 10.4 Å². The second kappa shape index (κ2) is 5.23. The number of hydrogen-bond donors (Lipinski definition) is 1. The average Bonchev–Trinajstić information content (AvgIpc) is 2.90. The van der Waals surface area contributed by atoms with Crippen molar-refractivity contribution in [1.82, 2.24) is 15.1 Å². The second-order valence-electron chi connectivity index (χ2n) is 3.71. The molecule has 1 aromatic heterocycles. The summed E-state index contributed by atoms with van der Waals surface area (Å²) in [5.74, 6) is 0.372. The van der Waals surface area contributed by atoms with Gasteiger partial charge in [-0.25, -0.2) is 4.68 Å². The van der Waals surface area contributed by atoms with Gasteiger partial charge in [0.05, 0.1) is 24.6 Å². The Morgan fingerprint density at radius 1 is 1.42 bits per heavy atom. The largest absolute Gasteiger partial charge is 0.497 e. The van der Waals surface area contributed by atoms with Crippen LogP contribution in [-0.4, -0.2) is 29.8 Å². The van der Waals surface area contributed by atoms with E-state index in [0.29, 0.717) is 11.4 Å². The van der Waals surface area contributed by atoms with E-state index in [0.717, 1.165) is 0 Å². The molecule has 6 heteroatoms. The van der Waals surface area contributed by atoms with Crippen molar-refractivity contribution in [2.75, 3.05) is 14.2 Å². The van der Waals surface area contributed by atoms with Crippen LogP contribution in [0.1, 0.15) is 16.1 Å². The van der Waals surface area contributed by atoms with Crippen LogP contribution in [0, 0.1) is 11.3 Å². The maximum atomic E-state index is 11.6. The molecule has 0 spiro atoms. The van der Waals surface area contributed by atoms with Gasteiger partial charge in [-0.3, -0.25) is 4.79 Å². The molecule has 19 heavy (non-hydrogen) atoms. The Balaban J connectivity index is 2.48. The van der Waals surface area contributed by atoms with Crippen LogP contribution in [0.3, 0.4) is 0 Å². The molecule has 0 atom stereocenters. The zero-order valence-corrected chi connectivity index (χ0v) is 10.5. The lowest BCUT2D eigenvalue weighted by Crippen LogP contribution is -2.18. The molecule has 6 nitrogen and oxygen atoms in total. The normalized spacial score (nSPS) is 9.74. The quantitative estimate of drug-likeness (QED) is 0.892. The number of benzene rings is 1. The fraction of sp³-hybridized carbons (Fsp3) is 0.154. The molecule has 1 amide bonds. The molecule has 0 saturated heterocycles. The number of methoxy groups -OCH3 is 1. The fourth-order valence-electron chi connectivity index (χ4n) is 1.68. The third-order valence-electron chi connectivity index (χ3n) is 2.66. The molecule has 2 rings (SSSR count). The lowest BCUT2D eigenvalue weighted by atomic mass is 10.2. The Labute approximate surface area is 110 Å². The average molecular weight is 256 g/mol. The van der Waals surface area contributed by atoms with Crippen molar-refractivity contribution < 1.29 is 9.53 Å². The molecule has 0 bridgehead atoms. The van der Waals surface area contributed by atoms with Gasteiger partial charge in [-0.05, 0) is 24.3 Å². The van der Waals surface area contributed by atoms with Crippen molar-refractivity contribution in [3.8, 4) is 17.5 Å². The van der Waals surface area contributed by atoms with Crippen LogP contribution >= 0.6 is 0 Å². The predicted octanol–water partition coefficient (Wildman–Crippen LogP) is 1.11. The maximum absolute atomic E-state index is 11.6. The number of amides is 1. The first-order chi connectivity index (χ1) is 9.21. The topological polar surface area (TPSA) is 79.9 Å². The van der Waals surface area contributed by atoms with Crippen molar-refractivity contribution in [1.29, 1.82) is 5.26 Å². The molecule has 0 saturated carbocycles. The second-order valence-corrected chi connectivity index (χ2v) is 3.71. The minimum Gasteiger partial charge on any atom is -0.497 e. The zero-order valence-electron chi connectivity index (χ0n) is 10.5. The Bertz CT molecular complexity index is 638. The van der Waals surface area contributed by atoms with Gasteiger partial charge in [-0.2, -0.15) is 10.4 Å². The summed E-state index contributed by atoms with van der Waals surface area (Å²) in [6.07, 6.45) is 1.38. The summed E-state index contributed by atoms with van der Waals surface area (Å²) in [5, 5.41) is 15.7. The first-order valence-corrected chi connectivity index (χ1v) is 5.56. The molecule has 2 aromatic rings. The molecule has 1 heterocycles. The summed E-state index contributed by atoms with van der Waals surface area (Å²) in [7, 11) is 3.08. The molecule has 0 radical (unpaired) electrons. The number of nitriles is 1. The van der Waals surface area contributed by atoms with Gasteiger partial charge >= 0.3 is 0 Å². The number of carbonyl (C=O) groups is 1. The highest BCUT2D eigenvalue weighted by Gasteiger charge is 2.17. The fourth-order valence-corrected chi connectivity index (χ4v) is 1.68. The molecule has 1 aromatic carbocycles. The zero-order chi connectivity index (χ0) is 13.8. The first-order valence-electron chi connectivity index (χ1n) is 5.56. The molecular formula is C13H12N4O2. The standard InChI is InChI=1S/C13H12N4O2/c1-15-13(18)11-8-16-17(12(11)7-14)9-3-5-10(19-2)6-4-9/h3-6,8H,1-2H3,(H,15,18). The van der Waals surface area contributed by atoms with E-state index in [1.165, 1.54) is 17.9 Å². The van der Waals surface area contributed by atoms with Crippen molar-refractivity contribution in [2.24, 2.45) is 0 Å². The Kier molecular flexibility index (Phi) is 3.48. The number of hydrogen-bond acceptors (Lipinski definition) is 4. The third-order valence-corrected chi connectivity index (χ3v) is 2.66. The van der Waals surface area contributed by atoms with Gasteiger partial charge < -0.3 is 10.1 Å². The summed E-state index contributed by atoms with van der Waals surface area (Å²) >= 11 is 0. The number of carbonyl (C=O) groups excluding carboxylic acids is 1. The number of ether oxygens (including phenoxy) is 1. The van der Waals surface area contributed by atoms with Crippen LogP contribution in [0.4, 0.5) is 0 Å². The predicted molar refractivity (Wildman–Crippen MR) is 68.2 cm³/mol. The van der Waals surface area contributed by atoms with Crippen LogP contribution in [0.2, 0.25) is 0 Å².